The van der Waals surface area contributed by atoms with Crippen molar-refractivity contribution in [2.75, 3.05) is 20.8 Å². The fourth-order valence-electron chi connectivity index (χ4n) is 3.36. The van der Waals surface area contributed by atoms with Gasteiger partial charge in [-0.05, 0) is 44.4 Å². The SMILES string of the molecule is COc1ccc(OC)c([C@H](C)NC(=O)[C@H]2CCCCN2C(=O)C(C)C)c1. The number of hydrogen-bond acceptors (Lipinski definition) is 4. The lowest BCUT2D eigenvalue weighted by Crippen LogP contribution is -2.53. The van der Waals surface area contributed by atoms with Crippen molar-refractivity contribution in [3.8, 4) is 11.5 Å². The third-order valence-corrected chi connectivity index (χ3v) is 4.84. The molecule has 2 atom stereocenters. The summed E-state index contributed by atoms with van der Waals surface area (Å²) in [5, 5.41) is 3.05. The van der Waals surface area contributed by atoms with Crippen LogP contribution in [0.1, 0.15) is 51.6 Å². The zero-order valence-electron chi connectivity index (χ0n) is 16.4. The van der Waals surface area contributed by atoms with E-state index in [1.54, 1.807) is 19.1 Å². The molecular formula is C20H30N2O4. The number of nitrogens with one attached hydrogen (secondary N) is 1. The highest BCUT2D eigenvalue weighted by Gasteiger charge is 2.33. The molecule has 1 fully saturated rings. The number of carbonyl (C=O) groups is 2. The largest absolute Gasteiger partial charge is 0.497 e. The van der Waals surface area contributed by atoms with Crippen LogP contribution >= 0.6 is 0 Å². The number of piperidine rings is 1. The summed E-state index contributed by atoms with van der Waals surface area (Å²) in [6.45, 7) is 6.30. The number of nitrogens with zero attached hydrogens (tertiary/aromatic N) is 1. The predicted molar refractivity (Wildman–Crippen MR) is 100 cm³/mol. The highest BCUT2D eigenvalue weighted by atomic mass is 16.5. The van der Waals surface area contributed by atoms with Crippen LogP contribution in [-0.4, -0.2) is 43.5 Å². The molecule has 1 heterocycles. The monoisotopic (exact) mass is 362 g/mol. The summed E-state index contributed by atoms with van der Waals surface area (Å²) in [6.07, 6.45) is 2.60. The molecule has 1 saturated heterocycles. The molecule has 144 valence electrons. The molecule has 2 amide bonds. The molecule has 6 heteroatoms. The van der Waals surface area contributed by atoms with Crippen LogP contribution in [0.2, 0.25) is 0 Å². The number of ether oxygens (including phenoxy) is 2. The van der Waals surface area contributed by atoms with Crippen molar-refractivity contribution in [3.63, 3.8) is 0 Å². The van der Waals surface area contributed by atoms with Gasteiger partial charge in [-0.1, -0.05) is 13.8 Å². The topological polar surface area (TPSA) is 67.9 Å². The van der Waals surface area contributed by atoms with Gasteiger partial charge in [-0.15, -0.1) is 0 Å². The Kier molecular flexibility index (Phi) is 6.89. The Labute approximate surface area is 155 Å². The van der Waals surface area contributed by atoms with Gasteiger partial charge in [0.15, 0.2) is 0 Å². The molecule has 1 aliphatic rings. The molecule has 0 unspecified atom stereocenters. The minimum absolute atomic E-state index is 0.0384. The smallest absolute Gasteiger partial charge is 0.243 e. The summed E-state index contributed by atoms with van der Waals surface area (Å²) in [7, 11) is 3.20. The van der Waals surface area contributed by atoms with E-state index < -0.39 is 6.04 Å². The standard InChI is InChI=1S/C20H30N2O4/c1-13(2)20(24)22-11-7-6-8-17(22)19(23)21-14(3)16-12-15(25-4)9-10-18(16)26-5/h9-10,12-14,17H,6-8,11H2,1-5H3,(H,21,23)/t14-,17+/m0/s1. The molecular weight excluding hydrogens is 332 g/mol. The van der Waals surface area contributed by atoms with Gasteiger partial charge in [-0.3, -0.25) is 9.59 Å². The van der Waals surface area contributed by atoms with Crippen LogP contribution < -0.4 is 14.8 Å². The molecule has 0 saturated carbocycles. The fraction of sp³-hybridized carbons (Fsp3) is 0.600. The van der Waals surface area contributed by atoms with E-state index in [4.69, 9.17) is 9.47 Å². The molecule has 6 nitrogen and oxygen atoms in total. The Bertz CT molecular complexity index is 645. The molecule has 1 N–H and O–H groups in total. The number of likely N-dealkylation sites (tertiary alicyclic amines) is 1. The van der Waals surface area contributed by atoms with Gasteiger partial charge in [-0.25, -0.2) is 0 Å². The number of methoxy groups -OCH3 is 2. The van der Waals surface area contributed by atoms with Gasteiger partial charge in [0.25, 0.3) is 0 Å². The molecule has 2 rings (SSSR count). The second kappa shape index (κ2) is 8.92. The van der Waals surface area contributed by atoms with E-state index in [-0.39, 0.29) is 23.8 Å². The van der Waals surface area contributed by atoms with E-state index in [0.717, 1.165) is 18.4 Å². The lowest BCUT2D eigenvalue weighted by Gasteiger charge is -2.36. The maximum Gasteiger partial charge on any atom is 0.243 e. The first-order chi connectivity index (χ1) is 12.4. The van der Waals surface area contributed by atoms with Crippen LogP contribution in [0.3, 0.4) is 0 Å². The van der Waals surface area contributed by atoms with Gasteiger partial charge in [0.05, 0.1) is 20.3 Å². The summed E-state index contributed by atoms with van der Waals surface area (Å²) in [5.74, 6) is 1.21. The number of benzene rings is 1. The van der Waals surface area contributed by atoms with Crippen LogP contribution in [0.4, 0.5) is 0 Å². The van der Waals surface area contributed by atoms with Crippen molar-refractivity contribution < 1.29 is 19.1 Å². The van der Waals surface area contributed by atoms with Crippen molar-refractivity contribution in [3.05, 3.63) is 23.8 Å². The van der Waals surface area contributed by atoms with Gasteiger partial charge in [0, 0.05) is 18.0 Å². The summed E-state index contributed by atoms with van der Waals surface area (Å²) in [5.41, 5.74) is 0.845. The number of hydrogen-bond donors (Lipinski definition) is 1. The Morgan fingerprint density at radius 1 is 1.15 bits per heavy atom. The lowest BCUT2D eigenvalue weighted by molar-refractivity contribution is -0.144. The molecule has 0 bridgehead atoms. The van der Waals surface area contributed by atoms with Crippen molar-refractivity contribution in [2.24, 2.45) is 5.92 Å². The maximum absolute atomic E-state index is 12.9. The van der Waals surface area contributed by atoms with E-state index in [9.17, 15) is 9.59 Å². The van der Waals surface area contributed by atoms with Crippen LogP contribution in [0.25, 0.3) is 0 Å². The minimum atomic E-state index is -0.405. The highest BCUT2D eigenvalue weighted by molar-refractivity contribution is 5.88. The minimum Gasteiger partial charge on any atom is -0.497 e. The second-order valence-electron chi connectivity index (χ2n) is 7.04. The van der Waals surface area contributed by atoms with Crippen LogP contribution in [0.5, 0.6) is 11.5 Å². The van der Waals surface area contributed by atoms with Gasteiger partial charge in [-0.2, -0.15) is 0 Å². The van der Waals surface area contributed by atoms with Gasteiger partial charge >= 0.3 is 0 Å². The Morgan fingerprint density at radius 2 is 1.88 bits per heavy atom. The summed E-state index contributed by atoms with van der Waals surface area (Å²) < 4.78 is 10.7. The first kappa shape index (κ1) is 20.1. The van der Waals surface area contributed by atoms with E-state index in [2.05, 4.69) is 5.32 Å². The third-order valence-electron chi connectivity index (χ3n) is 4.84. The van der Waals surface area contributed by atoms with Crippen molar-refractivity contribution in [2.45, 2.75) is 52.1 Å². The van der Waals surface area contributed by atoms with Crippen molar-refractivity contribution in [1.82, 2.24) is 10.2 Å². The molecule has 1 aromatic carbocycles. The first-order valence-corrected chi connectivity index (χ1v) is 9.21. The predicted octanol–water partition coefficient (Wildman–Crippen LogP) is 2.92. The summed E-state index contributed by atoms with van der Waals surface area (Å²) >= 11 is 0. The van der Waals surface area contributed by atoms with E-state index in [1.165, 1.54) is 0 Å². The van der Waals surface area contributed by atoms with E-state index in [0.29, 0.717) is 24.5 Å². The Morgan fingerprint density at radius 3 is 2.50 bits per heavy atom. The molecule has 1 aliphatic heterocycles. The van der Waals surface area contributed by atoms with Gasteiger partial charge in [0.1, 0.15) is 17.5 Å². The van der Waals surface area contributed by atoms with Crippen LogP contribution in [-0.2, 0) is 9.59 Å². The van der Waals surface area contributed by atoms with Crippen molar-refractivity contribution >= 4 is 11.8 Å². The van der Waals surface area contributed by atoms with Crippen LogP contribution in [0.15, 0.2) is 18.2 Å². The average molecular weight is 362 g/mol. The molecule has 0 aromatic heterocycles. The lowest BCUT2D eigenvalue weighted by atomic mass is 9.98. The van der Waals surface area contributed by atoms with E-state index in [1.807, 2.05) is 39.0 Å². The molecule has 26 heavy (non-hydrogen) atoms. The van der Waals surface area contributed by atoms with E-state index >= 15 is 0 Å². The zero-order valence-corrected chi connectivity index (χ0v) is 16.4. The number of carbonyl (C=O) groups excluding carboxylic acids is 2. The average Bonchev–Trinajstić information content (AvgIpc) is 2.66. The third kappa shape index (κ3) is 4.48. The molecule has 0 spiro atoms. The molecule has 0 aliphatic carbocycles. The highest BCUT2D eigenvalue weighted by Crippen LogP contribution is 2.30. The second-order valence-corrected chi connectivity index (χ2v) is 7.04. The van der Waals surface area contributed by atoms with Gasteiger partial charge in [0.2, 0.25) is 11.8 Å². The zero-order chi connectivity index (χ0) is 19.3. The van der Waals surface area contributed by atoms with Crippen molar-refractivity contribution in [1.29, 1.82) is 0 Å². The quantitative estimate of drug-likeness (QED) is 0.845. The van der Waals surface area contributed by atoms with Crippen LogP contribution in [0, 0.1) is 5.92 Å². The normalized spacial score (nSPS) is 18.4. The Balaban J connectivity index is 2.16. The first-order valence-electron chi connectivity index (χ1n) is 9.21. The fourth-order valence-corrected chi connectivity index (χ4v) is 3.36. The molecule has 1 aromatic rings. The molecule has 0 radical (unpaired) electrons. The Hall–Kier alpha value is -2.24. The summed E-state index contributed by atoms with van der Waals surface area (Å²) in [4.78, 5) is 27.1. The maximum atomic E-state index is 12.9. The van der Waals surface area contributed by atoms with Gasteiger partial charge < -0.3 is 19.7 Å². The number of amides is 2. The number of rotatable bonds is 6. The summed E-state index contributed by atoms with van der Waals surface area (Å²) in [6, 6.07) is 4.84.